The van der Waals surface area contributed by atoms with Crippen LogP contribution in [0.4, 0.5) is 32.2 Å². The fourth-order valence-electron chi connectivity index (χ4n) is 3.89. The number of benzene rings is 1. The number of aromatic nitrogens is 1. The Labute approximate surface area is 200 Å². The highest BCUT2D eigenvalue weighted by Gasteiger charge is 2.55. The molecule has 36 heavy (non-hydrogen) atoms. The Morgan fingerprint density at radius 2 is 1.64 bits per heavy atom. The maximum Gasteiger partial charge on any atom is 0.491 e. The molecule has 3 heterocycles. The van der Waals surface area contributed by atoms with E-state index in [1.54, 1.807) is 6.07 Å². The number of rotatable bonds is 4. The average Bonchev–Trinajstić information content (AvgIpc) is 3.22. The molecule has 0 aliphatic carbocycles. The molecule has 1 aromatic heterocycles. The number of nitrogens with zero attached hydrogens (tertiary/aromatic N) is 2. The molecule has 1 N–H and O–H groups in total. The summed E-state index contributed by atoms with van der Waals surface area (Å²) in [6.45, 7) is -0.0432. The van der Waals surface area contributed by atoms with Crippen LogP contribution in [0.3, 0.4) is 0 Å². The second-order valence-electron chi connectivity index (χ2n) is 8.14. The molecule has 2 aromatic rings. The van der Waals surface area contributed by atoms with Crippen molar-refractivity contribution in [1.82, 2.24) is 10.3 Å². The zero-order valence-electron chi connectivity index (χ0n) is 18.4. The Balaban J connectivity index is 1.62. The lowest BCUT2D eigenvalue weighted by molar-refractivity contribution is -0.331. The Morgan fingerprint density at radius 3 is 2.25 bits per heavy atom. The molecule has 1 saturated heterocycles. The van der Waals surface area contributed by atoms with Crippen molar-refractivity contribution in [2.24, 2.45) is 0 Å². The highest BCUT2D eigenvalue weighted by atomic mass is 19.4. The maximum atomic E-state index is 12.9. The van der Waals surface area contributed by atoms with Gasteiger partial charge in [0.1, 0.15) is 12.4 Å². The Bertz CT molecular complexity index is 1100. The molecule has 1 aromatic carbocycles. The van der Waals surface area contributed by atoms with Crippen molar-refractivity contribution in [2.75, 3.05) is 24.5 Å². The molecule has 194 valence electrons. The van der Waals surface area contributed by atoms with E-state index < -0.39 is 42.7 Å². The van der Waals surface area contributed by atoms with Crippen LogP contribution in [-0.4, -0.2) is 54.9 Å². The van der Waals surface area contributed by atoms with Crippen LogP contribution in [0.25, 0.3) is 0 Å². The molecule has 14 heteroatoms. The molecule has 0 bridgehead atoms. The van der Waals surface area contributed by atoms with E-state index in [1.165, 1.54) is 6.07 Å². The van der Waals surface area contributed by atoms with Gasteiger partial charge in [0.15, 0.2) is 0 Å². The molecule has 0 saturated carbocycles. The third-order valence-corrected chi connectivity index (χ3v) is 5.58. The number of ether oxygens (including phenoxy) is 3. The normalized spacial score (nSPS) is 19.6. The summed E-state index contributed by atoms with van der Waals surface area (Å²) < 4.78 is 90.6. The minimum absolute atomic E-state index is 0.135. The molecule has 4 rings (SSSR count). The molecule has 0 amide bonds. The van der Waals surface area contributed by atoms with Gasteiger partial charge in [-0.1, -0.05) is 30.3 Å². The number of anilines is 1. The third kappa shape index (κ3) is 5.64. The number of pyridine rings is 1. The van der Waals surface area contributed by atoms with Crippen LogP contribution in [0, 0.1) is 0 Å². The number of hydrogen-bond acceptors (Lipinski definition) is 8. The van der Waals surface area contributed by atoms with Gasteiger partial charge in [0, 0.05) is 31.1 Å². The van der Waals surface area contributed by atoms with Crippen molar-refractivity contribution in [3.8, 4) is 5.88 Å². The zero-order chi connectivity index (χ0) is 26.1. The monoisotopic (exact) mass is 519 g/mol. The first-order chi connectivity index (χ1) is 16.9. The highest BCUT2D eigenvalue weighted by molar-refractivity contribution is 5.78. The second-order valence-corrected chi connectivity index (χ2v) is 8.14. The third-order valence-electron chi connectivity index (χ3n) is 5.58. The van der Waals surface area contributed by atoms with Crippen molar-refractivity contribution in [2.45, 2.75) is 37.2 Å². The van der Waals surface area contributed by atoms with Gasteiger partial charge in [0.05, 0.1) is 0 Å². The minimum Gasteiger partial charge on any atom is -0.401 e. The van der Waals surface area contributed by atoms with E-state index in [4.69, 9.17) is 4.74 Å². The smallest absolute Gasteiger partial charge is 0.401 e. The summed E-state index contributed by atoms with van der Waals surface area (Å²) in [6.07, 6.45) is -10.4. The summed E-state index contributed by atoms with van der Waals surface area (Å²) in [4.78, 5) is 29.1. The van der Waals surface area contributed by atoms with Gasteiger partial charge in [-0.25, -0.2) is 9.59 Å². The van der Waals surface area contributed by atoms with E-state index in [-0.39, 0.29) is 18.0 Å². The van der Waals surface area contributed by atoms with Crippen molar-refractivity contribution < 1.29 is 50.1 Å². The SMILES string of the molecule is O=C(OC1(OC(=O)C(F)(F)F)CNCc2ccc(N3CCC(c4ccccc4)C3)nc2O1)C(F)(F)F. The van der Waals surface area contributed by atoms with Crippen LogP contribution in [0.5, 0.6) is 5.88 Å². The summed E-state index contributed by atoms with van der Waals surface area (Å²) in [5, 5.41) is 2.46. The number of carbonyl (C=O) groups excluding carboxylic acids is 2. The van der Waals surface area contributed by atoms with Crippen LogP contribution in [0.2, 0.25) is 0 Å². The van der Waals surface area contributed by atoms with Crippen LogP contribution < -0.4 is 15.0 Å². The van der Waals surface area contributed by atoms with Gasteiger partial charge in [0.2, 0.25) is 5.88 Å². The van der Waals surface area contributed by atoms with Gasteiger partial charge in [-0.05, 0) is 24.1 Å². The molecule has 1 unspecified atom stereocenters. The van der Waals surface area contributed by atoms with Crippen LogP contribution in [0.1, 0.15) is 23.5 Å². The van der Waals surface area contributed by atoms with Gasteiger partial charge in [-0.3, -0.25) is 0 Å². The molecule has 1 atom stereocenters. The Hall–Kier alpha value is -3.55. The summed E-state index contributed by atoms with van der Waals surface area (Å²) in [7, 11) is 0. The molecule has 2 aliphatic heterocycles. The molecule has 0 radical (unpaired) electrons. The minimum atomic E-state index is -5.60. The predicted molar refractivity (Wildman–Crippen MR) is 110 cm³/mol. The van der Waals surface area contributed by atoms with Crippen molar-refractivity contribution in [3.63, 3.8) is 0 Å². The fraction of sp³-hybridized carbons (Fsp3) is 0.409. The van der Waals surface area contributed by atoms with E-state index >= 15 is 0 Å². The molecular formula is C22H19F6N3O5. The van der Waals surface area contributed by atoms with Crippen molar-refractivity contribution >= 4 is 17.8 Å². The standard InChI is InChI=1S/C22H19F6N3O5/c23-21(24,25)18(32)35-20(36-19(33)22(26,27)28)12-29-10-14-6-7-16(30-17(14)34-20)31-9-8-15(11-31)13-4-2-1-3-5-13/h1-7,15,29H,8-12H2. The molecule has 8 nitrogen and oxygen atoms in total. The quantitative estimate of drug-likeness (QED) is 0.374. The average molecular weight is 519 g/mol. The lowest BCUT2D eigenvalue weighted by Crippen LogP contribution is -2.55. The molecule has 2 aliphatic rings. The van der Waals surface area contributed by atoms with Gasteiger partial charge < -0.3 is 24.4 Å². The first-order valence-electron chi connectivity index (χ1n) is 10.7. The summed E-state index contributed by atoms with van der Waals surface area (Å²) in [5.41, 5.74) is 1.33. The molecule has 0 spiro atoms. The van der Waals surface area contributed by atoms with Gasteiger partial charge in [-0.15, -0.1) is 0 Å². The number of carbonyl (C=O) groups is 2. The van der Waals surface area contributed by atoms with Crippen LogP contribution in [0.15, 0.2) is 42.5 Å². The number of alkyl halides is 6. The number of esters is 2. The number of nitrogens with one attached hydrogen (secondary N) is 1. The summed E-state index contributed by atoms with van der Waals surface area (Å²) in [5.74, 6) is -9.19. The van der Waals surface area contributed by atoms with E-state index in [9.17, 15) is 35.9 Å². The first kappa shape index (κ1) is 25.5. The number of halogens is 6. The fourth-order valence-corrected chi connectivity index (χ4v) is 3.89. The van der Waals surface area contributed by atoms with E-state index in [2.05, 4.69) is 19.8 Å². The van der Waals surface area contributed by atoms with Crippen LogP contribution in [-0.2, 0) is 25.6 Å². The Morgan fingerprint density at radius 1 is 1.00 bits per heavy atom. The molecular weight excluding hydrogens is 500 g/mol. The van der Waals surface area contributed by atoms with Gasteiger partial charge in [0.25, 0.3) is 0 Å². The number of fused-ring (bicyclic) bond motifs is 1. The molecule has 1 fully saturated rings. The second kappa shape index (κ2) is 9.48. The largest absolute Gasteiger partial charge is 0.491 e. The zero-order valence-corrected chi connectivity index (χ0v) is 18.4. The van der Waals surface area contributed by atoms with E-state index in [0.717, 1.165) is 12.0 Å². The summed E-state index contributed by atoms with van der Waals surface area (Å²) in [6, 6.07) is 12.8. The van der Waals surface area contributed by atoms with E-state index in [0.29, 0.717) is 18.9 Å². The van der Waals surface area contributed by atoms with E-state index in [1.807, 2.05) is 35.2 Å². The van der Waals surface area contributed by atoms with Gasteiger partial charge in [-0.2, -0.15) is 31.3 Å². The van der Waals surface area contributed by atoms with Gasteiger partial charge >= 0.3 is 30.3 Å². The van der Waals surface area contributed by atoms with Crippen molar-refractivity contribution in [3.05, 3.63) is 53.6 Å². The lowest BCUT2D eigenvalue weighted by atomic mass is 9.99. The lowest BCUT2D eigenvalue weighted by Gasteiger charge is -2.31. The first-order valence-corrected chi connectivity index (χ1v) is 10.7. The van der Waals surface area contributed by atoms with Crippen molar-refractivity contribution in [1.29, 1.82) is 0 Å². The van der Waals surface area contributed by atoms with Crippen LogP contribution >= 0.6 is 0 Å². The number of hydrogen-bond donors (Lipinski definition) is 1. The predicted octanol–water partition coefficient (Wildman–Crippen LogP) is 3.42. The summed E-state index contributed by atoms with van der Waals surface area (Å²) >= 11 is 0. The maximum absolute atomic E-state index is 12.9. The highest BCUT2D eigenvalue weighted by Crippen LogP contribution is 2.35. The topological polar surface area (TPSA) is 90.0 Å². The Kier molecular flexibility index (Phi) is 6.73.